The molecule has 1 aliphatic rings. The van der Waals surface area contributed by atoms with Gasteiger partial charge in [-0.2, -0.15) is 0 Å². The van der Waals surface area contributed by atoms with Gasteiger partial charge in [-0.15, -0.1) is 0 Å². The van der Waals surface area contributed by atoms with Gasteiger partial charge in [0.25, 0.3) is 5.91 Å². The Hall–Kier alpha value is -1.55. The van der Waals surface area contributed by atoms with E-state index in [9.17, 15) is 9.90 Å². The minimum Gasteiger partial charge on any atom is -0.508 e. The number of phenolic OH excluding ortho intramolecular Hbond substituents is 1. The van der Waals surface area contributed by atoms with Crippen LogP contribution in [0.5, 0.6) is 5.75 Å². The lowest BCUT2D eigenvalue weighted by molar-refractivity contribution is 0.0932. The highest BCUT2D eigenvalue weighted by molar-refractivity contribution is 5.96. The molecular weight excluding hydrogens is 216 g/mol. The van der Waals surface area contributed by atoms with Crippen molar-refractivity contribution in [2.45, 2.75) is 25.8 Å². The van der Waals surface area contributed by atoms with Crippen LogP contribution < -0.4 is 11.1 Å². The van der Waals surface area contributed by atoms with E-state index in [1.807, 2.05) is 0 Å². The lowest BCUT2D eigenvalue weighted by Crippen LogP contribution is -2.41. The van der Waals surface area contributed by atoms with E-state index in [2.05, 4.69) is 5.32 Å². The van der Waals surface area contributed by atoms with Gasteiger partial charge in [-0.25, -0.2) is 0 Å². The smallest absolute Gasteiger partial charge is 0.251 e. The number of nitrogens with two attached hydrogens (primary N) is 1. The van der Waals surface area contributed by atoms with E-state index in [-0.39, 0.29) is 17.7 Å². The van der Waals surface area contributed by atoms with E-state index < -0.39 is 0 Å². The molecule has 0 aromatic heterocycles. The predicted molar refractivity (Wildman–Crippen MR) is 65.9 cm³/mol. The normalized spacial score (nSPS) is 16.6. The summed E-state index contributed by atoms with van der Waals surface area (Å²) in [6.07, 6.45) is 2.28. The molecule has 0 spiro atoms. The fourth-order valence-electron chi connectivity index (χ4n) is 1.98. The maximum atomic E-state index is 12.0. The van der Waals surface area contributed by atoms with Crippen LogP contribution in [0.25, 0.3) is 0 Å². The molecule has 17 heavy (non-hydrogen) atoms. The third kappa shape index (κ3) is 2.58. The highest BCUT2D eigenvalue weighted by Gasteiger charge is 2.31. The third-order valence-electron chi connectivity index (χ3n) is 3.31. The highest BCUT2D eigenvalue weighted by Crippen LogP contribution is 2.32. The van der Waals surface area contributed by atoms with Gasteiger partial charge >= 0.3 is 0 Å². The molecule has 1 aromatic rings. The summed E-state index contributed by atoms with van der Waals surface area (Å²) in [6.45, 7) is 2.20. The first-order valence-corrected chi connectivity index (χ1v) is 5.93. The van der Waals surface area contributed by atoms with Crippen molar-refractivity contribution >= 4 is 5.91 Å². The van der Waals surface area contributed by atoms with Gasteiger partial charge < -0.3 is 16.2 Å². The molecule has 0 radical (unpaired) electrons. The predicted octanol–water partition coefficient (Wildman–Crippen LogP) is 1.17. The van der Waals surface area contributed by atoms with E-state index in [1.54, 1.807) is 25.1 Å². The molecule has 0 saturated heterocycles. The van der Waals surface area contributed by atoms with Crippen LogP contribution in [-0.2, 0) is 0 Å². The van der Waals surface area contributed by atoms with Gasteiger partial charge in [0.15, 0.2) is 0 Å². The molecule has 4 nitrogen and oxygen atoms in total. The fourth-order valence-corrected chi connectivity index (χ4v) is 1.98. The summed E-state index contributed by atoms with van der Waals surface area (Å²) in [5.41, 5.74) is 6.77. The van der Waals surface area contributed by atoms with Crippen LogP contribution >= 0.6 is 0 Å². The van der Waals surface area contributed by atoms with Crippen LogP contribution in [0.2, 0.25) is 0 Å². The van der Waals surface area contributed by atoms with Crippen LogP contribution in [0.15, 0.2) is 18.2 Å². The minimum atomic E-state index is -0.152. The molecule has 1 atom stereocenters. The van der Waals surface area contributed by atoms with E-state index in [4.69, 9.17) is 5.73 Å². The Morgan fingerprint density at radius 2 is 2.29 bits per heavy atom. The molecular formula is C13H18N2O2. The van der Waals surface area contributed by atoms with Crippen molar-refractivity contribution < 1.29 is 9.90 Å². The van der Waals surface area contributed by atoms with Crippen LogP contribution in [0.3, 0.4) is 0 Å². The number of hydrogen-bond donors (Lipinski definition) is 3. The monoisotopic (exact) mass is 234 g/mol. The molecule has 4 N–H and O–H groups in total. The number of carbonyl (C=O) groups excluding carboxylic acids is 1. The number of hydrogen-bond acceptors (Lipinski definition) is 3. The SMILES string of the molecule is Cc1c(O)cccc1C(=O)NC(CN)C1CC1. The van der Waals surface area contributed by atoms with Gasteiger partial charge in [0.1, 0.15) is 5.75 Å². The van der Waals surface area contributed by atoms with Crippen molar-refractivity contribution in [1.82, 2.24) is 5.32 Å². The van der Waals surface area contributed by atoms with E-state index >= 15 is 0 Å². The van der Waals surface area contributed by atoms with Crippen molar-refractivity contribution in [1.29, 1.82) is 0 Å². The number of phenols is 1. The molecule has 1 amide bonds. The molecule has 92 valence electrons. The first-order valence-electron chi connectivity index (χ1n) is 5.93. The summed E-state index contributed by atoms with van der Waals surface area (Å²) in [5.74, 6) is 0.524. The second kappa shape index (κ2) is 4.75. The fraction of sp³-hybridized carbons (Fsp3) is 0.462. The van der Waals surface area contributed by atoms with Gasteiger partial charge in [0.05, 0.1) is 0 Å². The Labute approximate surface area is 101 Å². The number of aromatic hydroxyl groups is 1. The summed E-state index contributed by atoms with van der Waals surface area (Å²) in [7, 11) is 0. The molecule has 1 aromatic carbocycles. The lowest BCUT2D eigenvalue weighted by Gasteiger charge is -2.17. The molecule has 0 bridgehead atoms. The van der Waals surface area contributed by atoms with Crippen molar-refractivity contribution in [2.24, 2.45) is 11.7 Å². The molecule has 0 aliphatic heterocycles. The molecule has 1 unspecified atom stereocenters. The third-order valence-corrected chi connectivity index (χ3v) is 3.31. The molecule has 4 heteroatoms. The Morgan fingerprint density at radius 1 is 1.59 bits per heavy atom. The number of nitrogens with one attached hydrogen (secondary N) is 1. The Kier molecular flexibility index (Phi) is 3.33. The van der Waals surface area contributed by atoms with Gasteiger partial charge in [0, 0.05) is 23.7 Å². The van der Waals surface area contributed by atoms with Crippen LogP contribution in [0, 0.1) is 12.8 Å². The quantitative estimate of drug-likeness (QED) is 0.732. The van der Waals surface area contributed by atoms with Crippen LogP contribution in [0.4, 0.5) is 0 Å². The van der Waals surface area contributed by atoms with Crippen molar-refractivity contribution in [2.75, 3.05) is 6.54 Å². The zero-order chi connectivity index (χ0) is 12.4. The van der Waals surface area contributed by atoms with Crippen molar-refractivity contribution in [3.05, 3.63) is 29.3 Å². The standard InChI is InChI=1S/C13H18N2O2/c1-8-10(3-2-4-12(8)16)13(17)15-11(7-14)9-5-6-9/h2-4,9,11,16H,5-7,14H2,1H3,(H,15,17). The van der Waals surface area contributed by atoms with Crippen molar-refractivity contribution in [3.63, 3.8) is 0 Å². The van der Waals surface area contributed by atoms with Gasteiger partial charge in [0.2, 0.25) is 0 Å². The summed E-state index contributed by atoms with van der Waals surface area (Å²) in [6, 6.07) is 5.02. The highest BCUT2D eigenvalue weighted by atomic mass is 16.3. The Morgan fingerprint density at radius 3 is 2.88 bits per heavy atom. The Balaban J connectivity index is 2.11. The molecule has 1 saturated carbocycles. The van der Waals surface area contributed by atoms with Gasteiger partial charge in [-0.3, -0.25) is 4.79 Å². The largest absolute Gasteiger partial charge is 0.508 e. The minimum absolute atomic E-state index is 0.0595. The van der Waals surface area contributed by atoms with E-state index in [1.165, 1.54) is 0 Å². The maximum absolute atomic E-state index is 12.0. The average Bonchev–Trinajstić information content (AvgIpc) is 3.13. The van der Waals surface area contributed by atoms with E-state index in [0.717, 1.165) is 12.8 Å². The van der Waals surface area contributed by atoms with Crippen LogP contribution in [0.1, 0.15) is 28.8 Å². The van der Waals surface area contributed by atoms with Crippen molar-refractivity contribution in [3.8, 4) is 5.75 Å². The van der Waals surface area contributed by atoms with E-state index in [0.29, 0.717) is 23.6 Å². The average molecular weight is 234 g/mol. The summed E-state index contributed by atoms with van der Waals surface area (Å²) < 4.78 is 0. The Bertz CT molecular complexity index is 427. The first-order chi connectivity index (χ1) is 8.13. The lowest BCUT2D eigenvalue weighted by atomic mass is 10.1. The second-order valence-electron chi connectivity index (χ2n) is 4.60. The topological polar surface area (TPSA) is 75.3 Å². The van der Waals surface area contributed by atoms with Gasteiger partial charge in [-0.05, 0) is 37.8 Å². The molecule has 0 heterocycles. The summed E-state index contributed by atoms with van der Waals surface area (Å²) >= 11 is 0. The second-order valence-corrected chi connectivity index (χ2v) is 4.60. The first kappa shape index (κ1) is 11.9. The number of carbonyl (C=O) groups is 1. The van der Waals surface area contributed by atoms with Crippen LogP contribution in [-0.4, -0.2) is 23.6 Å². The number of rotatable bonds is 4. The molecule has 1 fully saturated rings. The molecule has 1 aliphatic carbocycles. The zero-order valence-electron chi connectivity index (χ0n) is 9.94. The summed E-state index contributed by atoms with van der Waals surface area (Å²) in [4.78, 5) is 12.0. The summed E-state index contributed by atoms with van der Waals surface area (Å²) in [5, 5.41) is 12.5. The molecule has 2 rings (SSSR count). The number of benzene rings is 1. The number of amides is 1. The maximum Gasteiger partial charge on any atom is 0.251 e. The zero-order valence-corrected chi connectivity index (χ0v) is 9.94. The van der Waals surface area contributed by atoms with Gasteiger partial charge in [-0.1, -0.05) is 6.07 Å².